The summed E-state index contributed by atoms with van der Waals surface area (Å²) in [5.41, 5.74) is 1.77. The van der Waals surface area contributed by atoms with Crippen molar-refractivity contribution in [2.45, 2.75) is 0 Å². The van der Waals surface area contributed by atoms with Crippen LogP contribution in [0.15, 0.2) is 66.7 Å². The van der Waals surface area contributed by atoms with Crippen LogP contribution in [0.5, 0.6) is 0 Å². The smallest absolute Gasteiger partial charge is 0.178 e. The zero-order chi connectivity index (χ0) is 13.5. The van der Waals surface area contributed by atoms with Gasteiger partial charge in [-0.05, 0) is 35.4 Å². The number of carbonyl (C=O) groups is 1. The zero-order valence-corrected chi connectivity index (χ0v) is 10.3. The summed E-state index contributed by atoms with van der Waals surface area (Å²) in [6.07, 6.45) is 6.40. The summed E-state index contributed by atoms with van der Waals surface area (Å²) in [5, 5.41) is 0. The molecule has 0 N–H and O–H groups in total. The van der Waals surface area contributed by atoms with E-state index in [1.165, 1.54) is 24.3 Å². The summed E-state index contributed by atoms with van der Waals surface area (Å²) in [4.78, 5) is 11.6. The quantitative estimate of drug-likeness (QED) is 0.748. The molecule has 1 nitrogen and oxygen atoms in total. The predicted octanol–water partition coefficient (Wildman–Crippen LogP) is 4.12. The molecule has 2 aromatic carbocycles. The number of allylic oxidation sites excluding steroid dienone is 2. The Kier molecular flexibility index (Phi) is 4.40. The van der Waals surface area contributed by atoms with E-state index in [0.29, 0.717) is 0 Å². The molecule has 19 heavy (non-hydrogen) atoms. The van der Waals surface area contributed by atoms with Crippen LogP contribution in [0.1, 0.15) is 11.1 Å². The van der Waals surface area contributed by atoms with Gasteiger partial charge in [0, 0.05) is 0 Å². The Bertz CT molecular complexity index is 595. The first-order valence-electron chi connectivity index (χ1n) is 5.95. The Morgan fingerprint density at radius 1 is 0.789 bits per heavy atom. The first-order valence-corrected chi connectivity index (χ1v) is 5.95. The number of ketones is 1. The minimum Gasteiger partial charge on any atom is -0.290 e. The van der Waals surface area contributed by atoms with Gasteiger partial charge >= 0.3 is 0 Å². The third-order valence-corrected chi connectivity index (χ3v) is 2.55. The van der Waals surface area contributed by atoms with Crippen molar-refractivity contribution in [1.29, 1.82) is 0 Å². The number of hydrogen-bond acceptors (Lipinski definition) is 1. The molecule has 0 aliphatic heterocycles. The first kappa shape index (κ1) is 13.0. The molecular weight excluding hydrogens is 239 g/mol. The van der Waals surface area contributed by atoms with Gasteiger partial charge in [0.1, 0.15) is 5.82 Å². The molecule has 0 aromatic heterocycles. The summed E-state index contributed by atoms with van der Waals surface area (Å²) in [7, 11) is 0. The molecule has 0 spiro atoms. The largest absolute Gasteiger partial charge is 0.290 e. The lowest BCUT2D eigenvalue weighted by Gasteiger charge is -1.92. The van der Waals surface area contributed by atoms with Crippen LogP contribution in [0.3, 0.4) is 0 Å². The molecular formula is C17H13FO. The molecule has 0 aliphatic carbocycles. The number of halogens is 1. The third-order valence-electron chi connectivity index (χ3n) is 2.55. The number of benzene rings is 2. The van der Waals surface area contributed by atoms with Crippen LogP contribution in [0, 0.1) is 5.82 Å². The van der Waals surface area contributed by atoms with E-state index in [1.54, 1.807) is 24.3 Å². The lowest BCUT2D eigenvalue weighted by Crippen LogP contribution is -1.85. The molecule has 94 valence electrons. The Labute approximate surface area is 111 Å². The van der Waals surface area contributed by atoms with Gasteiger partial charge in [0.2, 0.25) is 0 Å². The van der Waals surface area contributed by atoms with Gasteiger partial charge in [0.15, 0.2) is 5.78 Å². The molecule has 0 radical (unpaired) electrons. The van der Waals surface area contributed by atoms with E-state index in [2.05, 4.69) is 0 Å². The van der Waals surface area contributed by atoms with Crippen molar-refractivity contribution in [3.63, 3.8) is 0 Å². The van der Waals surface area contributed by atoms with Gasteiger partial charge in [-0.3, -0.25) is 4.79 Å². The van der Waals surface area contributed by atoms with Gasteiger partial charge in [-0.15, -0.1) is 0 Å². The van der Waals surface area contributed by atoms with Crippen molar-refractivity contribution >= 4 is 17.9 Å². The average Bonchev–Trinajstić information content (AvgIpc) is 2.45. The molecule has 0 bridgehead atoms. The fourth-order valence-corrected chi connectivity index (χ4v) is 1.55. The van der Waals surface area contributed by atoms with E-state index >= 15 is 0 Å². The molecule has 0 unspecified atom stereocenters. The van der Waals surface area contributed by atoms with E-state index in [-0.39, 0.29) is 11.6 Å². The molecule has 0 saturated heterocycles. The van der Waals surface area contributed by atoms with Crippen LogP contribution in [-0.2, 0) is 4.79 Å². The van der Waals surface area contributed by atoms with Crippen LogP contribution in [0.25, 0.3) is 12.2 Å². The van der Waals surface area contributed by atoms with Crippen LogP contribution < -0.4 is 0 Å². The highest BCUT2D eigenvalue weighted by Crippen LogP contribution is 2.05. The summed E-state index contributed by atoms with van der Waals surface area (Å²) >= 11 is 0. The molecule has 2 aromatic rings. The molecule has 0 amide bonds. The summed E-state index contributed by atoms with van der Waals surface area (Å²) in [6, 6.07) is 15.6. The molecule has 2 rings (SSSR count). The van der Waals surface area contributed by atoms with Crippen molar-refractivity contribution in [2.75, 3.05) is 0 Å². The number of hydrogen-bond donors (Lipinski definition) is 0. The lowest BCUT2D eigenvalue weighted by atomic mass is 10.1. The monoisotopic (exact) mass is 252 g/mol. The Hall–Kier alpha value is -2.48. The van der Waals surface area contributed by atoms with Gasteiger partial charge in [-0.2, -0.15) is 0 Å². The average molecular weight is 252 g/mol. The fourth-order valence-electron chi connectivity index (χ4n) is 1.55. The highest BCUT2D eigenvalue weighted by atomic mass is 19.1. The maximum atomic E-state index is 12.7. The lowest BCUT2D eigenvalue weighted by molar-refractivity contribution is -0.110. The Balaban J connectivity index is 1.98. The zero-order valence-electron chi connectivity index (χ0n) is 10.3. The molecule has 0 fully saturated rings. The second-order valence-electron chi connectivity index (χ2n) is 4.03. The van der Waals surface area contributed by atoms with E-state index in [9.17, 15) is 9.18 Å². The van der Waals surface area contributed by atoms with Crippen LogP contribution >= 0.6 is 0 Å². The van der Waals surface area contributed by atoms with Crippen molar-refractivity contribution in [2.24, 2.45) is 0 Å². The molecule has 0 heterocycles. The summed E-state index contributed by atoms with van der Waals surface area (Å²) in [6.45, 7) is 0. The Morgan fingerprint density at radius 3 is 1.89 bits per heavy atom. The first-order chi connectivity index (χ1) is 9.24. The van der Waals surface area contributed by atoms with Crippen LogP contribution in [0.2, 0.25) is 0 Å². The normalized spacial score (nSPS) is 11.2. The van der Waals surface area contributed by atoms with Crippen LogP contribution in [0.4, 0.5) is 4.39 Å². The minimum atomic E-state index is -0.285. The van der Waals surface area contributed by atoms with E-state index in [0.717, 1.165) is 11.1 Å². The molecule has 2 heteroatoms. The number of rotatable bonds is 4. The standard InChI is InChI=1S/C17H13FO/c18-16-10-6-15(7-11-16)9-13-17(19)12-8-14-4-2-1-3-5-14/h1-13H/b12-8+,13-9+. The second kappa shape index (κ2) is 6.45. The van der Waals surface area contributed by atoms with E-state index in [1.807, 2.05) is 30.3 Å². The molecule has 0 atom stereocenters. The van der Waals surface area contributed by atoms with Gasteiger partial charge in [-0.25, -0.2) is 4.39 Å². The van der Waals surface area contributed by atoms with E-state index < -0.39 is 0 Å². The highest BCUT2D eigenvalue weighted by molar-refractivity contribution is 6.04. The van der Waals surface area contributed by atoms with Gasteiger partial charge in [-0.1, -0.05) is 54.6 Å². The summed E-state index contributed by atoms with van der Waals surface area (Å²) in [5.74, 6) is -0.388. The van der Waals surface area contributed by atoms with Gasteiger partial charge in [0.05, 0.1) is 0 Å². The Morgan fingerprint density at radius 2 is 1.32 bits per heavy atom. The summed E-state index contributed by atoms with van der Waals surface area (Å²) < 4.78 is 12.7. The maximum Gasteiger partial charge on any atom is 0.178 e. The van der Waals surface area contributed by atoms with Crippen molar-refractivity contribution in [1.82, 2.24) is 0 Å². The van der Waals surface area contributed by atoms with Crippen molar-refractivity contribution in [3.8, 4) is 0 Å². The predicted molar refractivity (Wildman–Crippen MR) is 75.9 cm³/mol. The topological polar surface area (TPSA) is 17.1 Å². The highest BCUT2D eigenvalue weighted by Gasteiger charge is 1.92. The maximum absolute atomic E-state index is 12.7. The molecule has 0 aliphatic rings. The van der Waals surface area contributed by atoms with Gasteiger partial charge < -0.3 is 0 Å². The molecule has 0 saturated carbocycles. The van der Waals surface area contributed by atoms with Gasteiger partial charge in [0.25, 0.3) is 0 Å². The number of carbonyl (C=O) groups excluding carboxylic acids is 1. The van der Waals surface area contributed by atoms with Crippen molar-refractivity contribution < 1.29 is 9.18 Å². The van der Waals surface area contributed by atoms with Crippen LogP contribution in [-0.4, -0.2) is 5.78 Å². The SMILES string of the molecule is O=C(/C=C/c1ccccc1)/C=C/c1ccc(F)cc1. The van der Waals surface area contributed by atoms with Crippen molar-refractivity contribution in [3.05, 3.63) is 83.7 Å². The van der Waals surface area contributed by atoms with E-state index in [4.69, 9.17) is 0 Å². The fraction of sp³-hybridized carbons (Fsp3) is 0. The third kappa shape index (κ3) is 4.36. The minimum absolute atomic E-state index is 0.104. The second-order valence-corrected chi connectivity index (χ2v) is 4.03.